The molecule has 0 amide bonds. The molecular formula is C11H21N. The molecule has 1 heterocycles. The normalized spacial score (nSPS) is 31.9. The molecule has 3 atom stereocenters. The van der Waals surface area contributed by atoms with E-state index in [2.05, 4.69) is 32.0 Å². The van der Waals surface area contributed by atoms with Crippen molar-refractivity contribution in [2.24, 2.45) is 22.7 Å². The van der Waals surface area contributed by atoms with Gasteiger partial charge in [-0.25, -0.2) is 0 Å². The Morgan fingerprint density at radius 2 is 2.33 bits per heavy atom. The van der Waals surface area contributed by atoms with Crippen molar-refractivity contribution in [3.05, 3.63) is 0 Å². The average molecular weight is 167 g/mol. The van der Waals surface area contributed by atoms with Crippen LogP contribution in [0.4, 0.5) is 0 Å². The minimum Gasteiger partial charge on any atom is -0.297 e. The fraction of sp³-hybridized carbons (Fsp3) is 0.909. The van der Waals surface area contributed by atoms with Gasteiger partial charge in [-0.2, -0.15) is 0 Å². The Morgan fingerprint density at radius 1 is 1.58 bits per heavy atom. The van der Waals surface area contributed by atoms with Crippen LogP contribution in [0.15, 0.2) is 4.99 Å². The number of hydrogen-bond acceptors (Lipinski definition) is 1. The SMILES string of the molecule is CCCC(C)C1C=NCCC1C. The molecule has 1 aliphatic heterocycles. The van der Waals surface area contributed by atoms with E-state index in [-0.39, 0.29) is 0 Å². The highest BCUT2D eigenvalue weighted by Gasteiger charge is 2.23. The summed E-state index contributed by atoms with van der Waals surface area (Å²) in [5, 5.41) is 0. The van der Waals surface area contributed by atoms with Crippen molar-refractivity contribution in [2.75, 3.05) is 6.54 Å². The standard InChI is InChI=1S/C11H21N/c1-4-5-9(2)11-8-12-7-6-10(11)3/h8-11H,4-7H2,1-3H3. The monoisotopic (exact) mass is 167 g/mol. The number of rotatable bonds is 3. The Balaban J connectivity index is 2.47. The van der Waals surface area contributed by atoms with Crippen molar-refractivity contribution in [3.8, 4) is 0 Å². The van der Waals surface area contributed by atoms with Crippen LogP contribution in [0, 0.1) is 17.8 Å². The predicted octanol–water partition coefficient (Wildman–Crippen LogP) is 3.15. The van der Waals surface area contributed by atoms with E-state index in [1.807, 2.05) is 0 Å². The molecule has 0 saturated heterocycles. The molecule has 0 aromatic rings. The fourth-order valence-electron chi connectivity index (χ4n) is 2.17. The average Bonchev–Trinajstić information content (AvgIpc) is 2.05. The van der Waals surface area contributed by atoms with Gasteiger partial charge in [0.1, 0.15) is 0 Å². The van der Waals surface area contributed by atoms with Crippen LogP contribution in [-0.2, 0) is 0 Å². The highest BCUT2D eigenvalue weighted by atomic mass is 14.7. The van der Waals surface area contributed by atoms with Gasteiger partial charge in [-0.05, 0) is 24.2 Å². The van der Waals surface area contributed by atoms with Gasteiger partial charge in [0, 0.05) is 12.8 Å². The molecule has 0 bridgehead atoms. The van der Waals surface area contributed by atoms with Crippen molar-refractivity contribution >= 4 is 6.21 Å². The largest absolute Gasteiger partial charge is 0.297 e. The van der Waals surface area contributed by atoms with Crippen LogP contribution < -0.4 is 0 Å². The van der Waals surface area contributed by atoms with Crippen LogP contribution in [0.2, 0.25) is 0 Å². The molecule has 12 heavy (non-hydrogen) atoms. The lowest BCUT2D eigenvalue weighted by Gasteiger charge is -2.28. The molecule has 0 saturated carbocycles. The molecule has 0 aromatic heterocycles. The minimum atomic E-state index is 0.749. The van der Waals surface area contributed by atoms with Gasteiger partial charge in [0.2, 0.25) is 0 Å². The topological polar surface area (TPSA) is 12.4 Å². The van der Waals surface area contributed by atoms with E-state index < -0.39 is 0 Å². The summed E-state index contributed by atoms with van der Waals surface area (Å²) in [6.07, 6.45) is 6.14. The fourth-order valence-corrected chi connectivity index (χ4v) is 2.17. The summed E-state index contributed by atoms with van der Waals surface area (Å²) in [5.74, 6) is 2.43. The molecule has 70 valence electrons. The molecule has 0 aliphatic carbocycles. The zero-order valence-corrected chi connectivity index (χ0v) is 8.59. The molecule has 0 radical (unpaired) electrons. The van der Waals surface area contributed by atoms with E-state index in [1.165, 1.54) is 19.3 Å². The van der Waals surface area contributed by atoms with Crippen LogP contribution in [0.1, 0.15) is 40.0 Å². The highest BCUT2D eigenvalue weighted by molar-refractivity contribution is 5.62. The lowest BCUT2D eigenvalue weighted by Crippen LogP contribution is -2.25. The second-order valence-electron chi connectivity index (χ2n) is 4.16. The Kier molecular flexibility index (Phi) is 3.77. The molecule has 0 N–H and O–H groups in total. The minimum absolute atomic E-state index is 0.749. The summed E-state index contributed by atoms with van der Waals surface area (Å²) in [6.45, 7) is 8.04. The first-order valence-electron chi connectivity index (χ1n) is 5.25. The maximum absolute atomic E-state index is 4.39. The zero-order chi connectivity index (χ0) is 8.97. The summed E-state index contributed by atoms with van der Waals surface area (Å²) in [5.41, 5.74) is 0. The highest BCUT2D eigenvalue weighted by Crippen LogP contribution is 2.27. The number of hydrogen-bond donors (Lipinski definition) is 0. The van der Waals surface area contributed by atoms with Crippen molar-refractivity contribution < 1.29 is 0 Å². The first kappa shape index (κ1) is 9.76. The van der Waals surface area contributed by atoms with E-state index in [0.29, 0.717) is 0 Å². The van der Waals surface area contributed by atoms with Gasteiger partial charge in [-0.1, -0.05) is 33.6 Å². The first-order chi connectivity index (χ1) is 5.75. The molecule has 0 spiro atoms. The third kappa shape index (κ3) is 2.33. The second kappa shape index (κ2) is 4.64. The van der Waals surface area contributed by atoms with E-state index >= 15 is 0 Å². The Bertz CT molecular complexity index is 151. The lowest BCUT2D eigenvalue weighted by atomic mass is 9.79. The van der Waals surface area contributed by atoms with E-state index in [0.717, 1.165) is 24.3 Å². The molecule has 1 aliphatic rings. The third-order valence-electron chi connectivity index (χ3n) is 3.05. The molecule has 1 rings (SSSR count). The molecule has 0 fully saturated rings. The molecule has 1 heteroatoms. The number of nitrogens with zero attached hydrogens (tertiary/aromatic N) is 1. The van der Waals surface area contributed by atoms with Gasteiger partial charge in [0.05, 0.1) is 0 Å². The van der Waals surface area contributed by atoms with Crippen LogP contribution in [0.5, 0.6) is 0 Å². The van der Waals surface area contributed by atoms with Crippen molar-refractivity contribution in [2.45, 2.75) is 40.0 Å². The van der Waals surface area contributed by atoms with Crippen molar-refractivity contribution in [3.63, 3.8) is 0 Å². The summed E-state index contributed by atoms with van der Waals surface area (Å²) >= 11 is 0. The Morgan fingerprint density at radius 3 is 2.92 bits per heavy atom. The van der Waals surface area contributed by atoms with Gasteiger partial charge in [0.25, 0.3) is 0 Å². The van der Waals surface area contributed by atoms with E-state index in [4.69, 9.17) is 0 Å². The lowest BCUT2D eigenvalue weighted by molar-refractivity contribution is 0.303. The van der Waals surface area contributed by atoms with Crippen LogP contribution in [0.3, 0.4) is 0 Å². The van der Waals surface area contributed by atoms with E-state index in [9.17, 15) is 0 Å². The van der Waals surface area contributed by atoms with Crippen molar-refractivity contribution in [1.82, 2.24) is 0 Å². The zero-order valence-electron chi connectivity index (χ0n) is 8.59. The summed E-state index contributed by atoms with van der Waals surface area (Å²) < 4.78 is 0. The molecule has 3 unspecified atom stereocenters. The predicted molar refractivity (Wildman–Crippen MR) is 54.7 cm³/mol. The second-order valence-corrected chi connectivity index (χ2v) is 4.16. The quantitative estimate of drug-likeness (QED) is 0.612. The summed E-state index contributed by atoms with van der Waals surface area (Å²) in [4.78, 5) is 4.39. The first-order valence-corrected chi connectivity index (χ1v) is 5.25. The maximum atomic E-state index is 4.39. The van der Waals surface area contributed by atoms with Gasteiger partial charge in [-0.15, -0.1) is 0 Å². The Hall–Kier alpha value is -0.330. The Labute approximate surface area is 76.3 Å². The van der Waals surface area contributed by atoms with Crippen LogP contribution >= 0.6 is 0 Å². The summed E-state index contributed by atoms with van der Waals surface area (Å²) in [7, 11) is 0. The van der Waals surface area contributed by atoms with Gasteiger partial charge in [0.15, 0.2) is 0 Å². The molecular weight excluding hydrogens is 146 g/mol. The molecule has 1 nitrogen and oxygen atoms in total. The third-order valence-corrected chi connectivity index (χ3v) is 3.05. The van der Waals surface area contributed by atoms with Crippen molar-refractivity contribution in [1.29, 1.82) is 0 Å². The molecule has 0 aromatic carbocycles. The van der Waals surface area contributed by atoms with Gasteiger partial charge >= 0.3 is 0 Å². The van der Waals surface area contributed by atoms with Gasteiger partial charge in [-0.3, -0.25) is 4.99 Å². The van der Waals surface area contributed by atoms with Crippen LogP contribution in [-0.4, -0.2) is 12.8 Å². The smallest absolute Gasteiger partial charge is 0.0388 e. The van der Waals surface area contributed by atoms with Gasteiger partial charge < -0.3 is 0 Å². The summed E-state index contributed by atoms with van der Waals surface area (Å²) in [6, 6.07) is 0. The number of aliphatic imine (C=N–C) groups is 1. The van der Waals surface area contributed by atoms with Crippen LogP contribution in [0.25, 0.3) is 0 Å². The van der Waals surface area contributed by atoms with E-state index in [1.54, 1.807) is 0 Å². The maximum Gasteiger partial charge on any atom is 0.0388 e.